The Labute approximate surface area is 181 Å². The minimum Gasteiger partial charge on any atom is -0.340 e. The second kappa shape index (κ2) is 10.1. The van der Waals surface area contributed by atoms with E-state index in [1.807, 2.05) is 26.2 Å². The molecule has 0 bridgehead atoms. The van der Waals surface area contributed by atoms with Crippen LogP contribution in [0.4, 0.5) is 5.13 Å². The molecular weight excluding hydrogens is 424 g/mol. The van der Waals surface area contributed by atoms with Crippen molar-refractivity contribution < 1.29 is 18.0 Å². The quantitative estimate of drug-likeness (QED) is 0.608. The summed E-state index contributed by atoms with van der Waals surface area (Å²) in [5.74, 6) is -1.08. The molecule has 2 aromatic rings. The molecule has 1 heterocycles. The Morgan fingerprint density at radius 2 is 1.87 bits per heavy atom. The molecule has 8 nitrogen and oxygen atoms in total. The van der Waals surface area contributed by atoms with E-state index < -0.39 is 22.0 Å². The smallest absolute Gasteiger partial charge is 0.251 e. The standard InChI is InChI=1S/C20H28N4O4S2/c1-6-24(7-2)30(27,28)16-10-8-9-15(11-16)18(25)22-17(13(3)4)19(26)23-20-21-14(5)12-29-20/h8-13,17H,6-7H2,1-5H3,(H,22,25)(H,21,23,26)/t17-/m1/s1. The maximum absolute atomic E-state index is 12.8. The molecule has 0 aliphatic carbocycles. The Kier molecular flexibility index (Phi) is 8.10. The van der Waals surface area contributed by atoms with Crippen LogP contribution in [0.2, 0.25) is 0 Å². The summed E-state index contributed by atoms with van der Waals surface area (Å²) in [6.07, 6.45) is 0. The zero-order valence-electron chi connectivity index (χ0n) is 17.8. The number of sulfonamides is 1. The minimum absolute atomic E-state index is 0.0441. The fourth-order valence-electron chi connectivity index (χ4n) is 2.86. The molecule has 1 aromatic heterocycles. The number of carbonyl (C=O) groups is 2. The monoisotopic (exact) mass is 452 g/mol. The number of nitrogens with one attached hydrogen (secondary N) is 2. The first-order chi connectivity index (χ1) is 14.1. The van der Waals surface area contributed by atoms with Crippen molar-refractivity contribution >= 4 is 38.3 Å². The molecule has 0 radical (unpaired) electrons. The lowest BCUT2D eigenvalue weighted by atomic mass is 10.0. The Bertz CT molecular complexity index is 998. The van der Waals surface area contributed by atoms with E-state index in [1.54, 1.807) is 13.8 Å². The number of carbonyl (C=O) groups excluding carboxylic acids is 2. The lowest BCUT2D eigenvalue weighted by Crippen LogP contribution is -2.47. The van der Waals surface area contributed by atoms with E-state index in [0.29, 0.717) is 18.2 Å². The third-order valence-electron chi connectivity index (χ3n) is 4.52. The van der Waals surface area contributed by atoms with Crippen molar-refractivity contribution in [1.82, 2.24) is 14.6 Å². The van der Waals surface area contributed by atoms with Crippen LogP contribution in [-0.4, -0.2) is 48.7 Å². The Morgan fingerprint density at radius 3 is 2.40 bits per heavy atom. The van der Waals surface area contributed by atoms with E-state index in [9.17, 15) is 18.0 Å². The number of thiazole rings is 1. The number of hydrogen-bond donors (Lipinski definition) is 2. The molecule has 0 fully saturated rings. The third-order valence-corrected chi connectivity index (χ3v) is 7.45. The van der Waals surface area contributed by atoms with Crippen LogP contribution in [-0.2, 0) is 14.8 Å². The molecule has 1 atom stereocenters. The Morgan fingerprint density at radius 1 is 1.20 bits per heavy atom. The largest absolute Gasteiger partial charge is 0.340 e. The van der Waals surface area contributed by atoms with Crippen molar-refractivity contribution in [2.24, 2.45) is 5.92 Å². The first-order valence-corrected chi connectivity index (χ1v) is 12.1. The van der Waals surface area contributed by atoms with Gasteiger partial charge in [-0.05, 0) is 31.0 Å². The van der Waals surface area contributed by atoms with Crippen LogP contribution in [0, 0.1) is 12.8 Å². The summed E-state index contributed by atoms with van der Waals surface area (Å²) in [6, 6.07) is 5.04. The van der Waals surface area contributed by atoms with Crippen molar-refractivity contribution in [2.75, 3.05) is 18.4 Å². The van der Waals surface area contributed by atoms with Gasteiger partial charge < -0.3 is 10.6 Å². The molecule has 2 N–H and O–H groups in total. The molecule has 2 amide bonds. The number of benzene rings is 1. The van der Waals surface area contributed by atoms with Gasteiger partial charge in [0.1, 0.15) is 6.04 Å². The van der Waals surface area contributed by atoms with E-state index in [4.69, 9.17) is 0 Å². The van der Waals surface area contributed by atoms with Gasteiger partial charge in [-0.25, -0.2) is 13.4 Å². The van der Waals surface area contributed by atoms with Crippen LogP contribution in [0.25, 0.3) is 0 Å². The lowest BCUT2D eigenvalue weighted by Gasteiger charge is -2.22. The summed E-state index contributed by atoms with van der Waals surface area (Å²) in [7, 11) is -3.69. The molecule has 10 heteroatoms. The van der Waals surface area contributed by atoms with Crippen molar-refractivity contribution in [3.63, 3.8) is 0 Å². The number of rotatable bonds is 9. The van der Waals surface area contributed by atoms with Gasteiger partial charge in [0.05, 0.1) is 10.6 Å². The van der Waals surface area contributed by atoms with Gasteiger partial charge in [-0.15, -0.1) is 11.3 Å². The first kappa shape index (κ1) is 24.0. The molecule has 1 aromatic carbocycles. The second-order valence-corrected chi connectivity index (χ2v) is 9.89. The van der Waals surface area contributed by atoms with Gasteiger partial charge in [0.2, 0.25) is 15.9 Å². The summed E-state index contributed by atoms with van der Waals surface area (Å²) in [5, 5.41) is 7.71. The summed E-state index contributed by atoms with van der Waals surface area (Å²) in [6.45, 7) is 9.65. The number of aryl methyl sites for hydroxylation is 1. The average Bonchev–Trinajstić information content (AvgIpc) is 3.10. The summed E-state index contributed by atoms with van der Waals surface area (Å²) >= 11 is 1.31. The van der Waals surface area contributed by atoms with Gasteiger partial charge in [-0.2, -0.15) is 4.31 Å². The number of nitrogens with zero attached hydrogens (tertiary/aromatic N) is 2. The van der Waals surface area contributed by atoms with E-state index in [-0.39, 0.29) is 22.3 Å². The van der Waals surface area contributed by atoms with Crippen LogP contribution < -0.4 is 10.6 Å². The van der Waals surface area contributed by atoms with Gasteiger partial charge in [0.15, 0.2) is 5.13 Å². The van der Waals surface area contributed by atoms with Crippen LogP contribution in [0.15, 0.2) is 34.5 Å². The molecule has 164 valence electrons. The topological polar surface area (TPSA) is 108 Å². The normalized spacial score (nSPS) is 12.8. The van der Waals surface area contributed by atoms with Gasteiger partial charge >= 0.3 is 0 Å². The predicted octanol–water partition coefficient (Wildman–Crippen LogP) is 2.88. The zero-order chi connectivity index (χ0) is 22.5. The highest BCUT2D eigenvalue weighted by Gasteiger charge is 2.27. The van der Waals surface area contributed by atoms with Crippen molar-refractivity contribution in [2.45, 2.75) is 45.6 Å². The minimum atomic E-state index is -3.69. The van der Waals surface area contributed by atoms with Gasteiger partial charge in [0.25, 0.3) is 5.91 Å². The molecule has 0 aliphatic heterocycles. The molecule has 0 saturated carbocycles. The maximum Gasteiger partial charge on any atom is 0.251 e. The maximum atomic E-state index is 12.8. The third kappa shape index (κ3) is 5.65. The number of anilines is 1. The van der Waals surface area contributed by atoms with Crippen LogP contribution in [0.5, 0.6) is 0 Å². The molecule has 0 unspecified atom stereocenters. The van der Waals surface area contributed by atoms with Crippen LogP contribution >= 0.6 is 11.3 Å². The molecule has 0 saturated heterocycles. The SMILES string of the molecule is CCN(CC)S(=O)(=O)c1cccc(C(=O)N[C@@H](C(=O)Nc2nc(C)cs2)C(C)C)c1. The van der Waals surface area contributed by atoms with Crippen molar-refractivity contribution in [1.29, 1.82) is 0 Å². The van der Waals surface area contributed by atoms with Gasteiger partial charge in [-0.1, -0.05) is 33.8 Å². The lowest BCUT2D eigenvalue weighted by molar-refractivity contribution is -0.118. The summed E-state index contributed by atoms with van der Waals surface area (Å²) in [4.78, 5) is 29.7. The van der Waals surface area contributed by atoms with E-state index in [2.05, 4.69) is 15.6 Å². The molecule has 2 rings (SSSR count). The van der Waals surface area contributed by atoms with Crippen LogP contribution in [0.1, 0.15) is 43.7 Å². The molecular formula is C20H28N4O4S2. The number of aromatic nitrogens is 1. The predicted molar refractivity (Wildman–Crippen MR) is 118 cm³/mol. The fraction of sp³-hybridized carbons (Fsp3) is 0.450. The fourth-order valence-corrected chi connectivity index (χ4v) is 5.06. The zero-order valence-corrected chi connectivity index (χ0v) is 19.4. The number of amides is 2. The Balaban J connectivity index is 2.21. The average molecular weight is 453 g/mol. The summed E-state index contributed by atoms with van der Waals surface area (Å²) < 4.78 is 26.8. The second-order valence-electron chi connectivity index (χ2n) is 7.10. The van der Waals surface area contributed by atoms with E-state index in [1.165, 1.54) is 39.9 Å². The molecule has 0 spiro atoms. The van der Waals surface area contributed by atoms with Crippen molar-refractivity contribution in [3.8, 4) is 0 Å². The van der Waals surface area contributed by atoms with Gasteiger partial charge in [-0.3, -0.25) is 9.59 Å². The first-order valence-electron chi connectivity index (χ1n) is 9.74. The van der Waals surface area contributed by atoms with Crippen LogP contribution in [0.3, 0.4) is 0 Å². The highest BCUT2D eigenvalue weighted by Crippen LogP contribution is 2.18. The van der Waals surface area contributed by atoms with E-state index in [0.717, 1.165) is 5.69 Å². The van der Waals surface area contributed by atoms with Gasteiger partial charge in [0, 0.05) is 24.0 Å². The van der Waals surface area contributed by atoms with E-state index >= 15 is 0 Å². The Hall–Kier alpha value is -2.30. The molecule has 0 aliphatic rings. The van der Waals surface area contributed by atoms with Crippen molar-refractivity contribution in [3.05, 3.63) is 40.9 Å². The highest BCUT2D eigenvalue weighted by molar-refractivity contribution is 7.89. The highest BCUT2D eigenvalue weighted by atomic mass is 32.2. The molecule has 30 heavy (non-hydrogen) atoms. The summed E-state index contributed by atoms with van der Waals surface area (Å²) in [5.41, 5.74) is 0.971. The number of hydrogen-bond acceptors (Lipinski definition) is 6.